The summed E-state index contributed by atoms with van der Waals surface area (Å²) in [5, 5.41) is 3.56. The molecule has 0 saturated heterocycles. The van der Waals surface area contributed by atoms with Gasteiger partial charge in [0.2, 0.25) is 0 Å². The van der Waals surface area contributed by atoms with Gasteiger partial charge in [-0.05, 0) is 49.3 Å². The van der Waals surface area contributed by atoms with Crippen LogP contribution in [0.4, 0.5) is 5.69 Å². The number of benzene rings is 1. The van der Waals surface area contributed by atoms with E-state index in [9.17, 15) is 0 Å². The second-order valence-electron chi connectivity index (χ2n) is 6.98. The lowest BCUT2D eigenvalue weighted by molar-refractivity contribution is 0.411. The maximum absolute atomic E-state index is 3.56. The molecule has 0 amide bonds. The largest absolute Gasteiger partial charge is 0.380 e. The Hall–Kier alpha value is -0.980. The van der Waals surface area contributed by atoms with Crippen molar-refractivity contribution in [2.75, 3.05) is 5.32 Å². The van der Waals surface area contributed by atoms with Crippen LogP contribution >= 0.6 is 0 Å². The van der Waals surface area contributed by atoms with Crippen molar-refractivity contribution in [1.29, 1.82) is 0 Å². The van der Waals surface area contributed by atoms with Gasteiger partial charge in [0.05, 0.1) is 0 Å². The molecule has 1 aromatic rings. The van der Waals surface area contributed by atoms with Crippen molar-refractivity contribution >= 4 is 5.69 Å². The molecular weight excluding hydrogens is 206 g/mol. The van der Waals surface area contributed by atoms with Crippen molar-refractivity contribution in [1.82, 2.24) is 0 Å². The molecule has 92 valence electrons. The highest BCUT2D eigenvalue weighted by Crippen LogP contribution is 2.33. The predicted molar refractivity (Wildman–Crippen MR) is 74.3 cm³/mol. The minimum absolute atomic E-state index is 0.137. The van der Waals surface area contributed by atoms with Gasteiger partial charge in [-0.2, -0.15) is 0 Å². The number of hydrogen-bond donors (Lipinski definition) is 1. The second-order valence-corrected chi connectivity index (χ2v) is 6.98. The van der Waals surface area contributed by atoms with Gasteiger partial charge in [0.1, 0.15) is 0 Å². The van der Waals surface area contributed by atoms with E-state index in [1.54, 1.807) is 0 Å². The first-order valence-electron chi connectivity index (χ1n) is 6.40. The number of hydrogen-bond acceptors (Lipinski definition) is 1. The van der Waals surface area contributed by atoms with Crippen molar-refractivity contribution in [3.8, 4) is 0 Å². The Kier molecular flexibility index (Phi) is 2.97. The van der Waals surface area contributed by atoms with Gasteiger partial charge in [-0.3, -0.25) is 0 Å². The maximum Gasteiger partial charge on any atom is 0.0383 e. The average Bonchev–Trinajstić information content (AvgIpc) is 2.15. The quantitative estimate of drug-likeness (QED) is 0.757. The van der Waals surface area contributed by atoms with E-state index >= 15 is 0 Å². The van der Waals surface area contributed by atoms with Gasteiger partial charge in [-0.15, -0.1) is 0 Å². The molecular formula is C16H23N. The highest BCUT2D eigenvalue weighted by molar-refractivity contribution is 5.60. The SMILES string of the molecule is CC(C)(C)Cc1ccc2c(c1)[C]CC(C)(C)N2. The van der Waals surface area contributed by atoms with Crippen molar-refractivity contribution in [3.63, 3.8) is 0 Å². The van der Waals surface area contributed by atoms with E-state index in [-0.39, 0.29) is 5.54 Å². The summed E-state index contributed by atoms with van der Waals surface area (Å²) in [6, 6.07) is 6.72. The number of fused-ring (bicyclic) bond motifs is 1. The molecule has 0 atom stereocenters. The van der Waals surface area contributed by atoms with Gasteiger partial charge in [-0.25, -0.2) is 0 Å². The Bertz CT molecular complexity index is 410. The summed E-state index contributed by atoms with van der Waals surface area (Å²) in [7, 11) is 0. The first kappa shape index (κ1) is 12.5. The van der Waals surface area contributed by atoms with E-state index in [0.29, 0.717) is 5.41 Å². The van der Waals surface area contributed by atoms with Crippen molar-refractivity contribution in [2.24, 2.45) is 5.41 Å². The molecule has 0 aromatic heterocycles. The molecule has 0 saturated carbocycles. The lowest BCUT2D eigenvalue weighted by Crippen LogP contribution is -2.34. The van der Waals surface area contributed by atoms with Crippen molar-refractivity contribution in [3.05, 3.63) is 35.7 Å². The predicted octanol–water partition coefficient (Wildman–Crippen LogP) is 4.30. The van der Waals surface area contributed by atoms with E-state index in [0.717, 1.165) is 12.8 Å². The van der Waals surface area contributed by atoms with Crippen LogP contribution in [-0.2, 0) is 6.42 Å². The Morgan fingerprint density at radius 3 is 2.65 bits per heavy atom. The molecule has 0 bridgehead atoms. The summed E-state index contributed by atoms with van der Waals surface area (Å²) in [5.41, 5.74) is 4.35. The fourth-order valence-corrected chi connectivity index (χ4v) is 2.29. The molecule has 0 fully saturated rings. The number of rotatable bonds is 1. The van der Waals surface area contributed by atoms with Crippen molar-refractivity contribution in [2.45, 2.75) is 53.0 Å². The summed E-state index contributed by atoms with van der Waals surface area (Å²) in [5.74, 6) is 0. The third kappa shape index (κ3) is 3.24. The van der Waals surface area contributed by atoms with Crippen LogP contribution in [0.1, 0.15) is 52.2 Å². The molecule has 1 nitrogen and oxygen atoms in total. The van der Waals surface area contributed by atoms with Gasteiger partial charge in [0, 0.05) is 17.6 Å². The molecule has 2 rings (SSSR count). The van der Waals surface area contributed by atoms with Gasteiger partial charge in [-0.1, -0.05) is 32.9 Å². The normalized spacial score (nSPS) is 18.4. The Balaban J connectivity index is 2.22. The van der Waals surface area contributed by atoms with Crippen LogP contribution in [0, 0.1) is 11.8 Å². The molecule has 1 aliphatic heterocycles. The van der Waals surface area contributed by atoms with E-state index < -0.39 is 0 Å². The van der Waals surface area contributed by atoms with Crippen LogP contribution in [0.2, 0.25) is 0 Å². The average molecular weight is 229 g/mol. The molecule has 1 aromatic carbocycles. The summed E-state index contributed by atoms with van der Waals surface area (Å²) in [6.07, 6.45) is 5.60. The van der Waals surface area contributed by atoms with Gasteiger partial charge in [0.15, 0.2) is 0 Å². The first-order valence-corrected chi connectivity index (χ1v) is 6.40. The molecule has 0 unspecified atom stereocenters. The summed E-state index contributed by atoms with van der Waals surface area (Å²) in [6.45, 7) is 11.3. The summed E-state index contributed by atoms with van der Waals surface area (Å²) < 4.78 is 0. The zero-order valence-electron chi connectivity index (χ0n) is 11.6. The zero-order valence-corrected chi connectivity index (χ0v) is 11.6. The summed E-state index contributed by atoms with van der Waals surface area (Å²) >= 11 is 0. The summed E-state index contributed by atoms with van der Waals surface area (Å²) in [4.78, 5) is 0. The zero-order chi connectivity index (χ0) is 12.7. The third-order valence-electron chi connectivity index (χ3n) is 3.01. The van der Waals surface area contributed by atoms with Gasteiger partial charge in [0.25, 0.3) is 0 Å². The minimum Gasteiger partial charge on any atom is -0.380 e. The van der Waals surface area contributed by atoms with E-state index in [4.69, 9.17) is 0 Å². The number of anilines is 1. The van der Waals surface area contributed by atoms with E-state index in [1.165, 1.54) is 16.8 Å². The first-order chi connectivity index (χ1) is 7.75. The van der Waals surface area contributed by atoms with E-state index in [2.05, 4.69) is 64.6 Å². The highest BCUT2D eigenvalue weighted by Gasteiger charge is 2.24. The van der Waals surface area contributed by atoms with Crippen LogP contribution < -0.4 is 5.32 Å². The van der Waals surface area contributed by atoms with Crippen LogP contribution in [-0.4, -0.2) is 5.54 Å². The van der Waals surface area contributed by atoms with Gasteiger partial charge >= 0.3 is 0 Å². The van der Waals surface area contributed by atoms with Crippen LogP contribution in [0.25, 0.3) is 0 Å². The maximum atomic E-state index is 3.56. The molecule has 1 aliphatic rings. The Morgan fingerprint density at radius 2 is 2.00 bits per heavy atom. The van der Waals surface area contributed by atoms with Crippen molar-refractivity contribution < 1.29 is 0 Å². The molecule has 1 heteroatoms. The topological polar surface area (TPSA) is 12.0 Å². The molecule has 2 radical (unpaired) electrons. The highest BCUT2D eigenvalue weighted by atomic mass is 15.0. The Morgan fingerprint density at radius 1 is 1.29 bits per heavy atom. The standard InChI is InChI=1S/C16H23N/c1-15(2,3)11-12-6-7-14-13(10-12)8-9-16(4,5)17-14/h6-7,10,17H,9,11H2,1-5H3. The Labute approximate surface area is 106 Å². The van der Waals surface area contributed by atoms with Crippen LogP contribution in [0.3, 0.4) is 0 Å². The molecule has 1 N–H and O–H groups in total. The van der Waals surface area contributed by atoms with Gasteiger partial charge < -0.3 is 5.32 Å². The molecule has 17 heavy (non-hydrogen) atoms. The molecule has 1 heterocycles. The smallest absolute Gasteiger partial charge is 0.0383 e. The van der Waals surface area contributed by atoms with E-state index in [1.807, 2.05) is 0 Å². The molecule has 0 spiro atoms. The fourth-order valence-electron chi connectivity index (χ4n) is 2.29. The second kappa shape index (κ2) is 4.04. The monoisotopic (exact) mass is 229 g/mol. The fraction of sp³-hybridized carbons (Fsp3) is 0.562. The van der Waals surface area contributed by atoms with Crippen LogP contribution in [0.15, 0.2) is 18.2 Å². The lowest BCUT2D eigenvalue weighted by atomic mass is 9.85. The minimum atomic E-state index is 0.137. The number of nitrogens with one attached hydrogen (secondary N) is 1. The third-order valence-corrected chi connectivity index (χ3v) is 3.01. The lowest BCUT2D eigenvalue weighted by Gasteiger charge is -2.33. The molecule has 0 aliphatic carbocycles. The van der Waals surface area contributed by atoms with Crippen LogP contribution in [0.5, 0.6) is 0 Å².